The molecule has 0 aromatic heterocycles. The molecule has 0 rings (SSSR count). The van der Waals surface area contributed by atoms with Crippen LogP contribution < -0.4 is 0 Å². The van der Waals surface area contributed by atoms with E-state index >= 15 is 0 Å². The third-order valence-electron chi connectivity index (χ3n) is 6.79. The van der Waals surface area contributed by atoms with Crippen LogP contribution in [0.5, 0.6) is 0 Å². The van der Waals surface area contributed by atoms with Crippen molar-refractivity contribution in [3.63, 3.8) is 0 Å². The van der Waals surface area contributed by atoms with Gasteiger partial charge in [0, 0.05) is 0 Å². The summed E-state index contributed by atoms with van der Waals surface area (Å²) in [6.45, 7) is 26.1. The molecule has 0 aromatic carbocycles. The maximum atomic E-state index is 3.66. The summed E-state index contributed by atoms with van der Waals surface area (Å²) >= 11 is 0. The van der Waals surface area contributed by atoms with Crippen molar-refractivity contribution in [1.82, 2.24) is 0 Å². The van der Waals surface area contributed by atoms with Gasteiger partial charge in [0.2, 0.25) is 0 Å². The summed E-state index contributed by atoms with van der Waals surface area (Å²) in [4.78, 5) is 0. The second kappa shape index (κ2) is 30.7. The van der Waals surface area contributed by atoms with E-state index in [4.69, 9.17) is 0 Å². The van der Waals surface area contributed by atoms with Gasteiger partial charge in [-0.3, -0.25) is 0 Å². The highest BCUT2D eigenvalue weighted by molar-refractivity contribution is 5.16. The van der Waals surface area contributed by atoms with Crippen molar-refractivity contribution in [2.24, 2.45) is 5.92 Å². The Bertz CT molecular complexity index is 563. The summed E-state index contributed by atoms with van der Waals surface area (Å²) in [5.41, 5.74) is 6.31. The van der Waals surface area contributed by atoms with Crippen LogP contribution in [0.1, 0.15) is 159 Å². The standard InChI is InChI=1S/C21H38.C8H16.C6H12/c1-8-10-11-12-13-14-21(9-2)20(7)19(6)16-15-18(5)17(3)4;1-3-5-7-8-6-4-2;1-3-5-6-4-2/h10-11,21H,8-9,12-16H2,1-7H3;3H,1,4-8H2,2H3;3,5H,4,6H2,1-2H3. The quantitative estimate of drug-likeness (QED) is 0.142. The number of hydrogen-bond donors (Lipinski definition) is 0. The molecular formula is C35H66. The van der Waals surface area contributed by atoms with Gasteiger partial charge in [-0.1, -0.05) is 106 Å². The molecule has 35 heavy (non-hydrogen) atoms. The molecule has 1 atom stereocenters. The van der Waals surface area contributed by atoms with Gasteiger partial charge in [0.15, 0.2) is 0 Å². The molecular weight excluding hydrogens is 420 g/mol. The zero-order valence-electron chi connectivity index (χ0n) is 26.1. The van der Waals surface area contributed by atoms with Crippen LogP contribution in [0.2, 0.25) is 0 Å². The van der Waals surface area contributed by atoms with Gasteiger partial charge in [0.1, 0.15) is 0 Å². The van der Waals surface area contributed by atoms with E-state index in [1.165, 1.54) is 95.5 Å². The Morgan fingerprint density at radius 1 is 0.686 bits per heavy atom. The molecule has 0 saturated carbocycles. The van der Waals surface area contributed by atoms with Gasteiger partial charge < -0.3 is 0 Å². The Labute approximate surface area is 224 Å². The predicted octanol–water partition coefficient (Wildman–Crippen LogP) is 13.1. The van der Waals surface area contributed by atoms with E-state index in [-0.39, 0.29) is 0 Å². The predicted molar refractivity (Wildman–Crippen MR) is 167 cm³/mol. The molecule has 0 spiro atoms. The van der Waals surface area contributed by atoms with E-state index in [9.17, 15) is 0 Å². The Kier molecular flexibility index (Phi) is 33.6. The van der Waals surface area contributed by atoms with E-state index in [0.717, 1.165) is 5.92 Å². The average molecular weight is 487 g/mol. The SMILES string of the molecule is C=CCCCCCC.CC=CCCC.CCC=CCCCC(CC)C(C)=C(C)CCC(C)=C(C)C. The fraction of sp³-hybridized carbons (Fsp3) is 0.714. The molecule has 1 unspecified atom stereocenters. The third-order valence-corrected chi connectivity index (χ3v) is 6.79. The highest BCUT2D eigenvalue weighted by atomic mass is 14.2. The molecule has 0 aliphatic heterocycles. The van der Waals surface area contributed by atoms with Crippen LogP contribution in [-0.4, -0.2) is 0 Å². The molecule has 0 aliphatic rings. The van der Waals surface area contributed by atoms with Crippen LogP contribution in [0.4, 0.5) is 0 Å². The van der Waals surface area contributed by atoms with Crippen molar-refractivity contribution in [3.8, 4) is 0 Å². The highest BCUT2D eigenvalue weighted by Gasteiger charge is 2.10. The minimum Gasteiger partial charge on any atom is -0.103 e. The minimum atomic E-state index is 0.784. The van der Waals surface area contributed by atoms with E-state index in [0.29, 0.717) is 0 Å². The summed E-state index contributed by atoms with van der Waals surface area (Å²) in [5, 5.41) is 0. The van der Waals surface area contributed by atoms with E-state index in [1.807, 2.05) is 6.08 Å². The second-order valence-electron chi connectivity index (χ2n) is 10.2. The Morgan fingerprint density at radius 3 is 1.80 bits per heavy atom. The monoisotopic (exact) mass is 487 g/mol. The van der Waals surface area contributed by atoms with E-state index < -0.39 is 0 Å². The molecule has 0 bridgehead atoms. The van der Waals surface area contributed by atoms with Crippen LogP contribution in [0.15, 0.2) is 59.3 Å². The van der Waals surface area contributed by atoms with Gasteiger partial charge in [0.25, 0.3) is 0 Å². The van der Waals surface area contributed by atoms with Gasteiger partial charge in [-0.15, -0.1) is 6.58 Å². The summed E-state index contributed by atoms with van der Waals surface area (Å²) in [7, 11) is 0. The largest absolute Gasteiger partial charge is 0.103 e. The van der Waals surface area contributed by atoms with E-state index in [1.54, 1.807) is 16.7 Å². The van der Waals surface area contributed by atoms with Crippen LogP contribution in [-0.2, 0) is 0 Å². The number of unbranched alkanes of at least 4 members (excludes halogenated alkanes) is 6. The van der Waals surface area contributed by atoms with Gasteiger partial charge >= 0.3 is 0 Å². The molecule has 0 N–H and O–H groups in total. The lowest BCUT2D eigenvalue weighted by molar-refractivity contribution is 0.516. The lowest BCUT2D eigenvalue weighted by Gasteiger charge is -2.19. The summed E-state index contributed by atoms with van der Waals surface area (Å²) < 4.78 is 0. The molecule has 0 heterocycles. The highest BCUT2D eigenvalue weighted by Crippen LogP contribution is 2.27. The van der Waals surface area contributed by atoms with Crippen molar-refractivity contribution in [3.05, 3.63) is 59.3 Å². The maximum Gasteiger partial charge on any atom is -0.0206 e. The molecule has 0 saturated heterocycles. The third kappa shape index (κ3) is 28.8. The molecule has 0 nitrogen and oxygen atoms in total. The zero-order chi connectivity index (χ0) is 27.3. The number of hydrogen-bond acceptors (Lipinski definition) is 0. The number of rotatable bonds is 17. The van der Waals surface area contributed by atoms with Gasteiger partial charge in [-0.2, -0.15) is 0 Å². The first-order chi connectivity index (χ1) is 16.8. The zero-order valence-corrected chi connectivity index (χ0v) is 26.1. The molecule has 0 radical (unpaired) electrons. The van der Waals surface area contributed by atoms with Crippen molar-refractivity contribution in [2.75, 3.05) is 0 Å². The molecule has 0 fully saturated rings. The summed E-state index contributed by atoms with van der Waals surface area (Å²) in [5.74, 6) is 0.784. The lowest BCUT2D eigenvalue weighted by Crippen LogP contribution is -2.03. The van der Waals surface area contributed by atoms with Crippen molar-refractivity contribution in [1.29, 1.82) is 0 Å². The van der Waals surface area contributed by atoms with Gasteiger partial charge in [-0.05, 0) is 112 Å². The van der Waals surface area contributed by atoms with Crippen molar-refractivity contribution < 1.29 is 0 Å². The normalized spacial score (nSPS) is 12.4. The first-order valence-electron chi connectivity index (χ1n) is 14.9. The molecule has 0 heteroatoms. The second-order valence-corrected chi connectivity index (χ2v) is 10.2. The minimum absolute atomic E-state index is 0.784. The lowest BCUT2D eigenvalue weighted by atomic mass is 9.87. The fourth-order valence-electron chi connectivity index (χ4n) is 3.71. The summed E-state index contributed by atoms with van der Waals surface area (Å²) in [6.07, 6.45) is 28.8. The van der Waals surface area contributed by atoms with Crippen LogP contribution in [0.3, 0.4) is 0 Å². The first kappa shape index (κ1) is 38.2. The van der Waals surface area contributed by atoms with Crippen LogP contribution in [0, 0.1) is 5.92 Å². The Balaban J connectivity index is -0.000000595. The van der Waals surface area contributed by atoms with E-state index in [2.05, 4.69) is 100 Å². The maximum absolute atomic E-state index is 3.66. The van der Waals surface area contributed by atoms with Gasteiger partial charge in [-0.25, -0.2) is 0 Å². The van der Waals surface area contributed by atoms with Gasteiger partial charge in [0.05, 0.1) is 0 Å². The molecule has 0 aromatic rings. The van der Waals surface area contributed by atoms with Crippen molar-refractivity contribution >= 4 is 0 Å². The fourth-order valence-corrected chi connectivity index (χ4v) is 3.71. The smallest absolute Gasteiger partial charge is 0.0206 e. The first-order valence-corrected chi connectivity index (χ1v) is 14.9. The summed E-state index contributed by atoms with van der Waals surface area (Å²) in [6, 6.07) is 0. The van der Waals surface area contributed by atoms with Crippen LogP contribution >= 0.6 is 0 Å². The van der Waals surface area contributed by atoms with Crippen LogP contribution in [0.25, 0.3) is 0 Å². The topological polar surface area (TPSA) is 0 Å². The molecule has 0 amide bonds. The Hall–Kier alpha value is -1.30. The average Bonchev–Trinajstić information content (AvgIpc) is 2.86. The van der Waals surface area contributed by atoms with Crippen molar-refractivity contribution in [2.45, 2.75) is 159 Å². The molecule has 0 aliphatic carbocycles. The Morgan fingerprint density at radius 2 is 1.34 bits per heavy atom. The molecule has 206 valence electrons. The number of allylic oxidation sites excluding steroid dienone is 9.